The van der Waals surface area contributed by atoms with Gasteiger partial charge in [0.25, 0.3) is 0 Å². The Bertz CT molecular complexity index is 564. The maximum atomic E-state index is 11.0. The third-order valence-electron chi connectivity index (χ3n) is 2.82. The summed E-state index contributed by atoms with van der Waals surface area (Å²) in [7, 11) is 0. The van der Waals surface area contributed by atoms with Crippen LogP contribution in [0.25, 0.3) is 0 Å². The van der Waals surface area contributed by atoms with Crippen LogP contribution in [0.3, 0.4) is 0 Å². The van der Waals surface area contributed by atoms with Crippen LogP contribution in [0.4, 0.5) is 5.69 Å². The topological polar surface area (TPSA) is 69.6 Å². The summed E-state index contributed by atoms with van der Waals surface area (Å²) in [6.45, 7) is 0.634. The van der Waals surface area contributed by atoms with Crippen molar-refractivity contribution in [3.8, 4) is 5.75 Å². The van der Waals surface area contributed by atoms with Crippen molar-refractivity contribution in [2.45, 2.75) is 6.42 Å². The first-order chi connectivity index (χ1) is 9.16. The summed E-state index contributed by atoms with van der Waals surface area (Å²) in [5, 5.41) is 21.3. The van der Waals surface area contributed by atoms with E-state index in [1.807, 2.05) is 12.1 Å². The lowest BCUT2D eigenvalue weighted by Crippen LogP contribution is -2.09. The molecule has 19 heavy (non-hydrogen) atoms. The smallest absolute Gasteiger partial charge is 0.337 e. The molecule has 3 N–H and O–H groups in total. The van der Waals surface area contributed by atoms with Crippen LogP contribution in [-0.2, 0) is 6.42 Å². The zero-order valence-electron chi connectivity index (χ0n) is 10.3. The molecule has 0 radical (unpaired) electrons. The third-order valence-corrected chi connectivity index (χ3v) is 2.82. The summed E-state index contributed by atoms with van der Waals surface area (Å²) < 4.78 is 0. The fraction of sp³-hybridized carbons (Fsp3) is 0.133. The SMILES string of the molecule is O=C(O)c1ccccc1NCCc1ccc(O)cc1. The van der Waals surface area contributed by atoms with E-state index in [9.17, 15) is 9.90 Å². The summed E-state index contributed by atoms with van der Waals surface area (Å²) in [5.74, 6) is -0.694. The molecule has 0 saturated carbocycles. The van der Waals surface area contributed by atoms with Crippen LogP contribution < -0.4 is 5.32 Å². The predicted molar refractivity (Wildman–Crippen MR) is 73.7 cm³/mol. The van der Waals surface area contributed by atoms with Gasteiger partial charge in [0, 0.05) is 12.2 Å². The Balaban J connectivity index is 1.96. The van der Waals surface area contributed by atoms with Crippen molar-refractivity contribution in [1.82, 2.24) is 0 Å². The summed E-state index contributed by atoms with van der Waals surface area (Å²) in [6.07, 6.45) is 0.758. The zero-order chi connectivity index (χ0) is 13.7. The molecule has 0 spiro atoms. The highest BCUT2D eigenvalue weighted by Crippen LogP contribution is 2.15. The number of hydrogen-bond acceptors (Lipinski definition) is 3. The van der Waals surface area contributed by atoms with Crippen molar-refractivity contribution in [1.29, 1.82) is 0 Å². The third kappa shape index (κ3) is 3.48. The van der Waals surface area contributed by atoms with Gasteiger partial charge in [-0.15, -0.1) is 0 Å². The summed E-state index contributed by atoms with van der Waals surface area (Å²) >= 11 is 0. The van der Waals surface area contributed by atoms with Crippen molar-refractivity contribution in [2.75, 3.05) is 11.9 Å². The van der Waals surface area contributed by atoms with Gasteiger partial charge in [0.2, 0.25) is 0 Å². The van der Waals surface area contributed by atoms with Crippen molar-refractivity contribution in [2.24, 2.45) is 0 Å². The van der Waals surface area contributed by atoms with E-state index < -0.39 is 5.97 Å². The number of para-hydroxylation sites is 1. The minimum Gasteiger partial charge on any atom is -0.508 e. The van der Waals surface area contributed by atoms with Crippen LogP contribution in [0.15, 0.2) is 48.5 Å². The van der Waals surface area contributed by atoms with Crippen molar-refractivity contribution >= 4 is 11.7 Å². The van der Waals surface area contributed by atoms with E-state index in [1.165, 1.54) is 0 Å². The molecule has 0 saturated heterocycles. The van der Waals surface area contributed by atoms with Crippen LogP contribution >= 0.6 is 0 Å². The van der Waals surface area contributed by atoms with E-state index in [0.29, 0.717) is 12.2 Å². The minimum absolute atomic E-state index is 0.243. The number of phenols is 1. The largest absolute Gasteiger partial charge is 0.508 e. The average Bonchev–Trinajstić information content (AvgIpc) is 2.41. The summed E-state index contributed by atoms with van der Waals surface area (Å²) in [4.78, 5) is 11.0. The number of carboxylic acid groups (broad SMARTS) is 1. The number of carbonyl (C=O) groups is 1. The van der Waals surface area contributed by atoms with Crippen LogP contribution in [-0.4, -0.2) is 22.7 Å². The molecule has 98 valence electrons. The molecule has 2 aromatic rings. The summed E-state index contributed by atoms with van der Waals surface area (Å²) in [5.41, 5.74) is 1.97. The number of phenolic OH excluding ortho intramolecular Hbond substituents is 1. The number of rotatable bonds is 5. The van der Waals surface area contributed by atoms with E-state index in [-0.39, 0.29) is 11.3 Å². The Morgan fingerprint density at radius 2 is 1.74 bits per heavy atom. The number of carboxylic acids is 1. The van der Waals surface area contributed by atoms with Crippen LogP contribution in [0.1, 0.15) is 15.9 Å². The molecule has 0 unspecified atom stereocenters. The second kappa shape index (κ2) is 5.91. The van der Waals surface area contributed by atoms with Gasteiger partial charge in [0.05, 0.1) is 5.56 Å². The molecule has 0 fully saturated rings. The Kier molecular flexibility index (Phi) is 4.03. The Morgan fingerprint density at radius 3 is 2.42 bits per heavy atom. The Hall–Kier alpha value is -2.49. The molecule has 4 heteroatoms. The van der Waals surface area contributed by atoms with Crippen molar-refractivity contribution in [3.63, 3.8) is 0 Å². The van der Waals surface area contributed by atoms with Gasteiger partial charge >= 0.3 is 5.97 Å². The zero-order valence-corrected chi connectivity index (χ0v) is 10.3. The van der Waals surface area contributed by atoms with Gasteiger partial charge in [-0.3, -0.25) is 0 Å². The molecule has 0 aliphatic heterocycles. The molecule has 0 bridgehead atoms. The van der Waals surface area contributed by atoms with E-state index in [4.69, 9.17) is 5.11 Å². The summed E-state index contributed by atoms with van der Waals surface area (Å²) in [6, 6.07) is 13.8. The maximum absolute atomic E-state index is 11.0. The highest BCUT2D eigenvalue weighted by molar-refractivity contribution is 5.94. The highest BCUT2D eigenvalue weighted by atomic mass is 16.4. The monoisotopic (exact) mass is 257 g/mol. The number of anilines is 1. The van der Waals surface area contributed by atoms with Gasteiger partial charge in [-0.2, -0.15) is 0 Å². The van der Waals surface area contributed by atoms with Crippen LogP contribution in [0.2, 0.25) is 0 Å². The Morgan fingerprint density at radius 1 is 1.05 bits per heavy atom. The second-order valence-corrected chi connectivity index (χ2v) is 4.19. The molecule has 0 heterocycles. The molecular weight excluding hydrogens is 242 g/mol. The molecular formula is C15H15NO3. The van der Waals surface area contributed by atoms with E-state index in [2.05, 4.69) is 5.32 Å². The van der Waals surface area contributed by atoms with E-state index in [1.54, 1.807) is 36.4 Å². The van der Waals surface area contributed by atoms with Gasteiger partial charge < -0.3 is 15.5 Å². The lowest BCUT2D eigenvalue weighted by Gasteiger charge is -2.09. The van der Waals surface area contributed by atoms with Crippen LogP contribution in [0, 0.1) is 0 Å². The van der Waals surface area contributed by atoms with E-state index in [0.717, 1.165) is 12.0 Å². The van der Waals surface area contributed by atoms with Crippen molar-refractivity contribution < 1.29 is 15.0 Å². The minimum atomic E-state index is -0.937. The van der Waals surface area contributed by atoms with Gasteiger partial charge in [0.15, 0.2) is 0 Å². The molecule has 0 amide bonds. The molecule has 4 nitrogen and oxygen atoms in total. The molecule has 2 rings (SSSR count). The predicted octanol–water partition coefficient (Wildman–Crippen LogP) is 2.75. The maximum Gasteiger partial charge on any atom is 0.337 e. The van der Waals surface area contributed by atoms with Crippen molar-refractivity contribution in [3.05, 3.63) is 59.7 Å². The first-order valence-corrected chi connectivity index (χ1v) is 6.01. The molecule has 0 aromatic heterocycles. The lowest BCUT2D eigenvalue weighted by atomic mass is 10.1. The molecule has 0 aliphatic rings. The fourth-order valence-electron chi connectivity index (χ4n) is 1.83. The number of nitrogens with one attached hydrogen (secondary N) is 1. The molecule has 0 aliphatic carbocycles. The quantitative estimate of drug-likeness (QED) is 0.770. The molecule has 2 aromatic carbocycles. The van der Waals surface area contributed by atoms with Crippen LogP contribution in [0.5, 0.6) is 5.75 Å². The first-order valence-electron chi connectivity index (χ1n) is 6.01. The Labute approximate surface area is 111 Å². The van der Waals surface area contributed by atoms with Gasteiger partial charge in [-0.25, -0.2) is 4.79 Å². The number of aromatic carboxylic acids is 1. The van der Waals surface area contributed by atoms with Gasteiger partial charge in [0.1, 0.15) is 5.75 Å². The number of aromatic hydroxyl groups is 1. The average molecular weight is 257 g/mol. The fourth-order valence-corrected chi connectivity index (χ4v) is 1.83. The normalized spacial score (nSPS) is 10.1. The number of hydrogen-bond donors (Lipinski definition) is 3. The van der Waals surface area contributed by atoms with Gasteiger partial charge in [-0.1, -0.05) is 24.3 Å². The molecule has 0 atom stereocenters. The lowest BCUT2D eigenvalue weighted by molar-refractivity contribution is 0.0698. The second-order valence-electron chi connectivity index (χ2n) is 4.19. The highest BCUT2D eigenvalue weighted by Gasteiger charge is 2.07. The van der Waals surface area contributed by atoms with Gasteiger partial charge in [-0.05, 0) is 36.2 Å². The van der Waals surface area contributed by atoms with E-state index >= 15 is 0 Å². The number of benzene rings is 2. The first kappa shape index (κ1) is 13.0. The standard InChI is InChI=1S/C15H15NO3/c17-12-7-5-11(6-8-12)9-10-16-14-4-2-1-3-13(14)15(18)19/h1-8,16-17H,9-10H2,(H,18,19).